The van der Waals surface area contributed by atoms with Crippen LogP contribution in [0.1, 0.15) is 79.1 Å². The Balaban J connectivity index is 1.33. The predicted molar refractivity (Wildman–Crippen MR) is 156 cm³/mol. The first-order valence-corrected chi connectivity index (χ1v) is 16.3. The smallest absolute Gasteiger partial charge is 0.315 e. The number of rotatable bonds is 9. The lowest BCUT2D eigenvalue weighted by molar-refractivity contribution is -0.219. The molecule has 4 bridgehead atoms. The minimum atomic E-state index is -1.22. The van der Waals surface area contributed by atoms with E-state index in [0.29, 0.717) is 31.4 Å². The molecular weight excluding hydrogens is 518 g/mol. The lowest BCUT2D eigenvalue weighted by atomic mass is 9.43. The lowest BCUT2D eigenvalue weighted by Gasteiger charge is -2.58. The Labute approximate surface area is 246 Å². The minimum Gasteiger partial charge on any atom is -0.481 e. The van der Waals surface area contributed by atoms with Gasteiger partial charge in [-0.2, -0.15) is 0 Å². The molecular formula is C34H51NO6. The number of carboxylic acids is 1. The maximum absolute atomic E-state index is 13.7. The van der Waals surface area contributed by atoms with Gasteiger partial charge in [-0.15, -0.1) is 0 Å². The Morgan fingerprint density at radius 2 is 2.02 bits per heavy atom. The average Bonchev–Trinajstić information content (AvgIpc) is 3.47. The molecule has 1 aliphatic heterocycles. The fourth-order valence-corrected chi connectivity index (χ4v) is 10.8. The van der Waals surface area contributed by atoms with E-state index in [9.17, 15) is 14.7 Å². The van der Waals surface area contributed by atoms with Crippen LogP contribution in [0.15, 0.2) is 23.3 Å². The van der Waals surface area contributed by atoms with Gasteiger partial charge in [-0.25, -0.2) is 0 Å². The summed E-state index contributed by atoms with van der Waals surface area (Å²) in [5.41, 5.74) is -0.297. The number of carbonyl (C=O) groups is 2. The summed E-state index contributed by atoms with van der Waals surface area (Å²) in [4.78, 5) is 29.5. The molecule has 7 nitrogen and oxygen atoms in total. The Morgan fingerprint density at radius 1 is 1.22 bits per heavy atom. The second kappa shape index (κ2) is 10.9. The molecule has 1 heterocycles. The van der Waals surface area contributed by atoms with Crippen molar-refractivity contribution in [3.8, 4) is 0 Å². The van der Waals surface area contributed by atoms with E-state index in [0.717, 1.165) is 57.1 Å². The Morgan fingerprint density at radius 3 is 2.68 bits per heavy atom. The van der Waals surface area contributed by atoms with Gasteiger partial charge in [-0.05, 0) is 81.5 Å². The maximum atomic E-state index is 13.7. The molecule has 5 aliphatic carbocycles. The highest BCUT2D eigenvalue weighted by Gasteiger charge is 2.84. The molecule has 0 aromatic heterocycles. The molecule has 0 spiro atoms. The van der Waals surface area contributed by atoms with Crippen molar-refractivity contribution in [2.24, 2.45) is 45.8 Å². The number of ether oxygens (including phenoxy) is 3. The van der Waals surface area contributed by atoms with E-state index in [2.05, 4.69) is 37.8 Å². The number of hydrogen-bond acceptors (Lipinski definition) is 6. The van der Waals surface area contributed by atoms with Crippen LogP contribution in [0.4, 0.5) is 0 Å². The molecule has 1 saturated heterocycles. The number of allylic oxidation sites excluding steroid dienone is 2. The third kappa shape index (κ3) is 4.19. The van der Waals surface area contributed by atoms with Crippen LogP contribution in [0.5, 0.6) is 0 Å². The molecule has 0 amide bonds. The molecule has 7 heteroatoms. The quantitative estimate of drug-likeness (QED) is 0.290. The SMILES string of the molecule is CO[C@H]1CN(CC2=CCCCC2)C[C@H](OCC23C[C@@H]4[C@H](C)CC[C@H]4C4(C=O)CC2C=C(C(C)C)C34C(=O)O)O[C@@H]1C. The van der Waals surface area contributed by atoms with Crippen LogP contribution in [0, 0.1) is 45.8 Å². The number of carboxylic acid groups (broad SMARTS) is 1. The summed E-state index contributed by atoms with van der Waals surface area (Å²) < 4.78 is 19.2. The van der Waals surface area contributed by atoms with Crippen LogP contribution in [-0.4, -0.2) is 74.1 Å². The van der Waals surface area contributed by atoms with Crippen LogP contribution < -0.4 is 0 Å². The highest BCUT2D eigenvalue weighted by Crippen LogP contribution is 2.82. The molecule has 4 unspecified atom stereocenters. The molecule has 0 radical (unpaired) electrons. The molecule has 3 saturated carbocycles. The van der Waals surface area contributed by atoms with E-state index in [4.69, 9.17) is 14.2 Å². The first-order valence-electron chi connectivity index (χ1n) is 16.3. The van der Waals surface area contributed by atoms with E-state index in [1.165, 1.54) is 18.4 Å². The van der Waals surface area contributed by atoms with Gasteiger partial charge in [0.2, 0.25) is 0 Å². The van der Waals surface area contributed by atoms with E-state index >= 15 is 0 Å². The van der Waals surface area contributed by atoms with Crippen molar-refractivity contribution in [1.82, 2.24) is 4.90 Å². The Bertz CT molecular complexity index is 1100. The summed E-state index contributed by atoms with van der Waals surface area (Å²) in [5, 5.41) is 11.3. The third-order valence-corrected chi connectivity index (χ3v) is 12.5. The molecule has 228 valence electrons. The monoisotopic (exact) mass is 569 g/mol. The lowest BCUT2D eigenvalue weighted by Crippen LogP contribution is -2.63. The molecule has 10 atom stereocenters. The maximum Gasteiger partial charge on any atom is 0.315 e. The summed E-state index contributed by atoms with van der Waals surface area (Å²) >= 11 is 0. The van der Waals surface area contributed by atoms with Gasteiger partial charge in [0, 0.05) is 32.2 Å². The number of fused-ring (bicyclic) bond motifs is 2. The van der Waals surface area contributed by atoms with E-state index in [1.807, 2.05) is 6.92 Å². The van der Waals surface area contributed by atoms with Gasteiger partial charge in [-0.1, -0.05) is 50.5 Å². The van der Waals surface area contributed by atoms with Crippen LogP contribution in [0.2, 0.25) is 0 Å². The van der Waals surface area contributed by atoms with E-state index in [1.54, 1.807) is 7.11 Å². The summed E-state index contributed by atoms with van der Waals surface area (Å²) in [6.07, 6.45) is 13.3. The van der Waals surface area contributed by atoms with Crippen LogP contribution in [0.3, 0.4) is 0 Å². The topological polar surface area (TPSA) is 85.3 Å². The average molecular weight is 570 g/mol. The van der Waals surface area contributed by atoms with Crippen LogP contribution in [-0.2, 0) is 23.8 Å². The zero-order valence-electron chi connectivity index (χ0n) is 25.8. The number of nitrogens with zero attached hydrogens (tertiary/aromatic N) is 1. The van der Waals surface area contributed by atoms with Crippen molar-refractivity contribution in [3.05, 3.63) is 23.3 Å². The molecule has 1 N–H and O–H groups in total. The molecule has 41 heavy (non-hydrogen) atoms. The first kappa shape index (κ1) is 29.5. The fraction of sp³-hybridized carbons (Fsp3) is 0.824. The fourth-order valence-electron chi connectivity index (χ4n) is 10.8. The predicted octanol–water partition coefficient (Wildman–Crippen LogP) is 5.49. The van der Waals surface area contributed by atoms with Crippen molar-refractivity contribution in [3.63, 3.8) is 0 Å². The zero-order valence-corrected chi connectivity index (χ0v) is 25.8. The largest absolute Gasteiger partial charge is 0.481 e. The Hall–Kier alpha value is -1.54. The zero-order chi connectivity index (χ0) is 29.2. The van der Waals surface area contributed by atoms with Crippen molar-refractivity contribution in [2.75, 3.05) is 33.4 Å². The van der Waals surface area contributed by atoms with E-state index in [-0.39, 0.29) is 30.0 Å². The number of carbonyl (C=O) groups excluding carboxylic acids is 1. The van der Waals surface area contributed by atoms with Gasteiger partial charge < -0.3 is 24.1 Å². The van der Waals surface area contributed by atoms with Gasteiger partial charge in [0.25, 0.3) is 0 Å². The van der Waals surface area contributed by atoms with Gasteiger partial charge in [0.1, 0.15) is 11.7 Å². The molecule has 4 fully saturated rings. The summed E-state index contributed by atoms with van der Waals surface area (Å²) in [6.45, 7) is 11.1. The highest BCUT2D eigenvalue weighted by atomic mass is 16.7. The number of methoxy groups -OCH3 is 1. The van der Waals surface area contributed by atoms with Crippen LogP contribution >= 0.6 is 0 Å². The van der Waals surface area contributed by atoms with Crippen molar-refractivity contribution < 1.29 is 28.9 Å². The van der Waals surface area contributed by atoms with Gasteiger partial charge in [-0.3, -0.25) is 9.69 Å². The van der Waals surface area contributed by atoms with Crippen LogP contribution in [0.25, 0.3) is 0 Å². The molecule has 6 aliphatic rings. The van der Waals surface area contributed by atoms with Gasteiger partial charge in [0.15, 0.2) is 6.29 Å². The van der Waals surface area contributed by atoms with Crippen molar-refractivity contribution in [2.45, 2.75) is 97.6 Å². The summed E-state index contributed by atoms with van der Waals surface area (Å²) in [5.74, 6) is 0.219. The van der Waals surface area contributed by atoms with Crippen molar-refractivity contribution >= 4 is 12.3 Å². The molecule has 6 rings (SSSR count). The van der Waals surface area contributed by atoms with Gasteiger partial charge >= 0.3 is 5.97 Å². The number of aldehydes is 1. The van der Waals surface area contributed by atoms with E-state index < -0.39 is 28.5 Å². The number of hydrogen-bond donors (Lipinski definition) is 1. The number of aliphatic carboxylic acids is 1. The first-order chi connectivity index (χ1) is 19.6. The third-order valence-electron chi connectivity index (χ3n) is 12.5. The summed E-state index contributed by atoms with van der Waals surface area (Å²) in [6, 6.07) is 0. The summed E-state index contributed by atoms with van der Waals surface area (Å²) in [7, 11) is 1.74. The molecule has 0 aromatic carbocycles. The standard InChI is InChI=1S/C34H51NO6/c1-21(2)28-13-25-14-32(19-36)27-12-11-22(3)26(27)15-33(25,34(28,32)31(37)38)20-40-30-18-35(16-24-9-7-6-8-10-24)17-29(39-5)23(4)41-30/h9,13,19,21-23,25-27,29-30H,6-8,10-12,14-18,20H2,1-5H3,(H,37,38)/t22-,23-,25?,26-,27-,29+,30-,32?,33?,34?/m1/s1. The van der Waals surface area contributed by atoms with Crippen molar-refractivity contribution in [1.29, 1.82) is 0 Å². The minimum absolute atomic E-state index is 0.0254. The second-order valence-corrected chi connectivity index (χ2v) is 14.6. The normalized spacial score (nSPS) is 45.8. The highest BCUT2D eigenvalue weighted by molar-refractivity contribution is 5.90. The molecule has 0 aromatic rings. The Kier molecular flexibility index (Phi) is 7.83. The van der Waals surface area contributed by atoms with Gasteiger partial charge in [0.05, 0.1) is 24.2 Å². The second-order valence-electron chi connectivity index (χ2n) is 14.6.